The van der Waals surface area contributed by atoms with Crippen molar-refractivity contribution in [2.45, 2.75) is 18.8 Å². The molecule has 0 N–H and O–H groups in total. The summed E-state index contributed by atoms with van der Waals surface area (Å²) in [5.41, 5.74) is 0.786. The highest BCUT2D eigenvalue weighted by atomic mass is 35.5. The first-order valence-electron chi connectivity index (χ1n) is 4.85. The maximum Gasteiger partial charge on any atom is 0.100 e. The third-order valence-corrected chi connectivity index (χ3v) is 2.08. The van der Waals surface area contributed by atoms with E-state index in [1.165, 1.54) is 0 Å². The number of aromatic nitrogens is 3. The number of halogens is 1. The topological polar surface area (TPSA) is 49.2 Å². The second-order valence-corrected chi connectivity index (χ2v) is 3.78. The van der Waals surface area contributed by atoms with Crippen LogP contribution in [0, 0.1) is 0 Å². The average Bonchev–Trinajstić information content (AvgIpc) is 2.66. The van der Waals surface area contributed by atoms with Gasteiger partial charge >= 0.3 is 0 Å². The molecule has 0 aliphatic heterocycles. The Balaban J connectivity index is 2.20. The lowest BCUT2D eigenvalue weighted by Gasteiger charge is -2.02. The van der Waals surface area contributed by atoms with E-state index in [1.807, 2.05) is 13.1 Å². The molecule has 0 aliphatic rings. The normalized spacial score (nSPS) is 13.0. The lowest BCUT2D eigenvalue weighted by Crippen LogP contribution is -2.09. The van der Waals surface area contributed by atoms with E-state index in [2.05, 4.69) is 10.3 Å². The van der Waals surface area contributed by atoms with Gasteiger partial charge in [-0.15, -0.1) is 16.7 Å². The minimum Gasteiger partial charge on any atom is -0.382 e. The third-order valence-electron chi connectivity index (χ3n) is 1.86. The second kappa shape index (κ2) is 6.76. The monoisotopic (exact) mass is 233 g/mol. The highest BCUT2D eigenvalue weighted by Gasteiger charge is 2.05. The van der Waals surface area contributed by atoms with Gasteiger partial charge in [-0.25, -0.2) is 4.68 Å². The molecule has 1 aromatic rings. The number of ether oxygens (including phenoxy) is 2. The summed E-state index contributed by atoms with van der Waals surface area (Å²) >= 11 is 5.86. The average molecular weight is 234 g/mol. The van der Waals surface area contributed by atoms with Crippen molar-refractivity contribution < 1.29 is 9.47 Å². The molecule has 0 radical (unpaired) electrons. The van der Waals surface area contributed by atoms with Gasteiger partial charge in [0.05, 0.1) is 37.9 Å². The van der Waals surface area contributed by atoms with E-state index in [0.717, 1.165) is 5.69 Å². The Bertz CT molecular complexity index is 278. The zero-order valence-corrected chi connectivity index (χ0v) is 9.78. The molecule has 1 unspecified atom stereocenters. The fourth-order valence-electron chi connectivity index (χ4n) is 1.01. The van der Waals surface area contributed by atoms with E-state index in [-0.39, 0.29) is 5.38 Å². The lowest BCUT2D eigenvalue weighted by molar-refractivity contribution is 0.0652. The molecule has 5 nitrogen and oxygen atoms in total. The van der Waals surface area contributed by atoms with E-state index in [9.17, 15) is 0 Å². The zero-order valence-electron chi connectivity index (χ0n) is 9.02. The smallest absolute Gasteiger partial charge is 0.100 e. The fraction of sp³-hybridized carbons (Fsp3) is 0.778. The second-order valence-electron chi connectivity index (χ2n) is 3.13. The Morgan fingerprint density at radius 1 is 1.47 bits per heavy atom. The highest BCUT2D eigenvalue weighted by molar-refractivity contribution is 6.20. The minimum atomic E-state index is -0.104. The predicted octanol–water partition coefficient (Wildman–Crippen LogP) is 1.24. The van der Waals surface area contributed by atoms with Crippen molar-refractivity contribution in [1.29, 1.82) is 0 Å². The number of methoxy groups -OCH3 is 1. The van der Waals surface area contributed by atoms with Crippen molar-refractivity contribution >= 4 is 11.6 Å². The van der Waals surface area contributed by atoms with Gasteiger partial charge in [0, 0.05) is 7.11 Å². The molecule has 0 spiro atoms. The van der Waals surface area contributed by atoms with Crippen LogP contribution in [0.25, 0.3) is 0 Å². The van der Waals surface area contributed by atoms with Gasteiger partial charge < -0.3 is 9.47 Å². The number of hydrogen-bond donors (Lipinski definition) is 0. The van der Waals surface area contributed by atoms with E-state index >= 15 is 0 Å². The summed E-state index contributed by atoms with van der Waals surface area (Å²) < 4.78 is 11.9. The molecule has 0 saturated heterocycles. The third kappa shape index (κ3) is 4.59. The van der Waals surface area contributed by atoms with E-state index in [4.69, 9.17) is 21.1 Å². The van der Waals surface area contributed by atoms with Crippen molar-refractivity contribution in [3.05, 3.63) is 11.9 Å². The molecular formula is C9H16ClN3O2. The van der Waals surface area contributed by atoms with Gasteiger partial charge in [0.25, 0.3) is 0 Å². The summed E-state index contributed by atoms with van der Waals surface area (Å²) in [5.74, 6) is 0. The number of rotatable bonds is 7. The minimum absolute atomic E-state index is 0.104. The van der Waals surface area contributed by atoms with Gasteiger partial charge in [0.2, 0.25) is 0 Å². The summed E-state index contributed by atoms with van der Waals surface area (Å²) in [5, 5.41) is 7.75. The Hall–Kier alpha value is -0.650. The molecule has 0 amide bonds. The summed E-state index contributed by atoms with van der Waals surface area (Å²) in [6.07, 6.45) is 1.83. The first-order chi connectivity index (χ1) is 7.24. The number of nitrogens with zero attached hydrogens (tertiary/aromatic N) is 3. The van der Waals surface area contributed by atoms with Crippen LogP contribution in [0.15, 0.2) is 6.20 Å². The molecule has 0 fully saturated rings. The molecule has 86 valence electrons. The van der Waals surface area contributed by atoms with Crippen LogP contribution in [0.4, 0.5) is 0 Å². The maximum atomic E-state index is 5.86. The van der Waals surface area contributed by atoms with Crippen LogP contribution in [0.1, 0.15) is 18.0 Å². The quantitative estimate of drug-likeness (QED) is 0.525. The first kappa shape index (κ1) is 12.4. The van der Waals surface area contributed by atoms with Crippen molar-refractivity contribution in [2.75, 3.05) is 26.9 Å². The van der Waals surface area contributed by atoms with Crippen LogP contribution in [0.3, 0.4) is 0 Å². The van der Waals surface area contributed by atoms with Crippen molar-refractivity contribution in [2.24, 2.45) is 0 Å². The molecule has 1 heterocycles. The van der Waals surface area contributed by atoms with Crippen LogP contribution >= 0.6 is 11.6 Å². The lowest BCUT2D eigenvalue weighted by atomic mass is 10.4. The molecule has 0 bridgehead atoms. The van der Waals surface area contributed by atoms with Gasteiger partial charge in [0.15, 0.2) is 0 Å². The summed E-state index contributed by atoms with van der Waals surface area (Å²) in [7, 11) is 1.65. The van der Waals surface area contributed by atoms with Crippen molar-refractivity contribution in [1.82, 2.24) is 15.0 Å². The SMILES string of the molecule is COCCOCCn1cc(C(C)Cl)nn1. The van der Waals surface area contributed by atoms with Crippen molar-refractivity contribution in [3.8, 4) is 0 Å². The molecule has 1 atom stereocenters. The van der Waals surface area contributed by atoms with E-state index < -0.39 is 0 Å². The summed E-state index contributed by atoms with van der Waals surface area (Å²) in [6, 6.07) is 0. The highest BCUT2D eigenvalue weighted by Crippen LogP contribution is 2.14. The van der Waals surface area contributed by atoms with Crippen LogP contribution in [-0.4, -0.2) is 41.9 Å². The van der Waals surface area contributed by atoms with E-state index in [0.29, 0.717) is 26.4 Å². The Morgan fingerprint density at radius 3 is 2.87 bits per heavy atom. The summed E-state index contributed by atoms with van der Waals surface area (Å²) in [6.45, 7) is 4.36. The molecular weight excluding hydrogens is 218 g/mol. The number of hydrogen-bond acceptors (Lipinski definition) is 4. The molecule has 0 aromatic carbocycles. The van der Waals surface area contributed by atoms with Crippen LogP contribution in [0.5, 0.6) is 0 Å². The Kier molecular flexibility index (Phi) is 5.60. The van der Waals surface area contributed by atoms with Crippen molar-refractivity contribution in [3.63, 3.8) is 0 Å². The van der Waals surface area contributed by atoms with E-state index in [1.54, 1.807) is 11.8 Å². The van der Waals surface area contributed by atoms with Gasteiger partial charge in [-0.3, -0.25) is 0 Å². The van der Waals surface area contributed by atoms with Gasteiger partial charge in [0.1, 0.15) is 5.69 Å². The zero-order chi connectivity index (χ0) is 11.1. The first-order valence-corrected chi connectivity index (χ1v) is 5.28. The van der Waals surface area contributed by atoms with Crippen LogP contribution in [-0.2, 0) is 16.0 Å². The van der Waals surface area contributed by atoms with Gasteiger partial charge in [-0.05, 0) is 6.92 Å². The largest absolute Gasteiger partial charge is 0.382 e. The Morgan fingerprint density at radius 2 is 2.27 bits per heavy atom. The molecule has 15 heavy (non-hydrogen) atoms. The van der Waals surface area contributed by atoms with Gasteiger partial charge in [-0.2, -0.15) is 0 Å². The van der Waals surface area contributed by atoms with Crippen LogP contribution in [0.2, 0.25) is 0 Å². The Labute approximate surface area is 94.3 Å². The molecule has 1 aromatic heterocycles. The molecule has 6 heteroatoms. The molecule has 0 aliphatic carbocycles. The van der Waals surface area contributed by atoms with Crippen LogP contribution < -0.4 is 0 Å². The molecule has 0 saturated carbocycles. The van der Waals surface area contributed by atoms with Gasteiger partial charge in [-0.1, -0.05) is 5.21 Å². The standard InChI is InChI=1S/C9H16ClN3O2/c1-8(10)9-7-13(12-11-9)3-4-15-6-5-14-2/h7-8H,3-6H2,1-2H3. The fourth-order valence-corrected chi connectivity index (χ4v) is 1.11. The number of alkyl halides is 1. The maximum absolute atomic E-state index is 5.86. The molecule has 1 rings (SSSR count). The summed E-state index contributed by atoms with van der Waals surface area (Å²) in [4.78, 5) is 0. The predicted molar refractivity (Wildman–Crippen MR) is 57.0 cm³/mol.